The number of benzene rings is 1. The van der Waals surface area contributed by atoms with Crippen LogP contribution in [-0.2, 0) is 14.4 Å². The van der Waals surface area contributed by atoms with Crippen LogP contribution in [0, 0.1) is 0 Å². The molecule has 13 nitrogen and oxygen atoms in total. The first kappa shape index (κ1) is 34.5. The molecule has 3 aromatic heterocycles. The van der Waals surface area contributed by atoms with E-state index in [0.29, 0.717) is 41.1 Å². The normalized spacial score (nSPS) is 21.2. The van der Waals surface area contributed by atoms with Crippen molar-refractivity contribution in [3.63, 3.8) is 0 Å². The van der Waals surface area contributed by atoms with E-state index in [-0.39, 0.29) is 24.3 Å². The van der Waals surface area contributed by atoms with Gasteiger partial charge in [0, 0.05) is 55.9 Å². The lowest BCUT2D eigenvalue weighted by Crippen LogP contribution is -2.54. The Morgan fingerprint density at radius 3 is 2.48 bits per heavy atom. The van der Waals surface area contributed by atoms with Crippen molar-refractivity contribution < 1.29 is 24.0 Å². The molecule has 1 aliphatic carbocycles. The summed E-state index contributed by atoms with van der Waals surface area (Å²) in [6.45, 7) is 4.96. The van der Waals surface area contributed by atoms with Gasteiger partial charge in [0.1, 0.15) is 17.5 Å². The number of piperazine rings is 1. The number of aromatic amines is 1. The van der Waals surface area contributed by atoms with E-state index >= 15 is 0 Å². The van der Waals surface area contributed by atoms with E-state index in [1.54, 1.807) is 23.2 Å². The van der Waals surface area contributed by atoms with Gasteiger partial charge in [-0.3, -0.25) is 48.9 Å². The number of fused-ring (bicyclic) bond motifs is 2. The molecule has 5 amide bonds. The number of piperidine rings is 1. The summed E-state index contributed by atoms with van der Waals surface area (Å²) in [5.41, 5.74) is 6.03. The predicted octanol–water partition coefficient (Wildman–Crippen LogP) is 4.38. The molecule has 1 atom stereocenters. The number of nitrogens with zero attached hydrogens (tertiary/aromatic N) is 6. The summed E-state index contributed by atoms with van der Waals surface area (Å²) in [5, 5.41) is 3.84. The van der Waals surface area contributed by atoms with E-state index < -0.39 is 29.7 Å². The Kier molecular flexibility index (Phi) is 8.87. The number of H-pyrrole nitrogens is 1. The highest BCUT2D eigenvalue weighted by Crippen LogP contribution is 2.46. The second-order valence-corrected chi connectivity index (χ2v) is 15.1. The number of hydrogen-bond acceptors (Lipinski definition) is 9. The molecule has 1 unspecified atom stereocenters. The molecular weight excluding hydrogens is 708 g/mol. The molecule has 2 N–H and O–H groups in total. The second-order valence-electron chi connectivity index (χ2n) is 14.8. The predicted molar refractivity (Wildman–Crippen MR) is 202 cm³/mol. The van der Waals surface area contributed by atoms with Crippen LogP contribution in [0.1, 0.15) is 76.3 Å². The lowest BCUT2D eigenvalue weighted by molar-refractivity contribution is -0.136. The van der Waals surface area contributed by atoms with E-state index in [0.717, 1.165) is 91.0 Å². The number of anilines is 1. The Labute approximate surface area is 316 Å². The number of carbonyl (C=O) groups excluding carboxylic acids is 5. The van der Waals surface area contributed by atoms with Crippen molar-refractivity contribution in [2.24, 2.45) is 0 Å². The Bertz CT molecular complexity index is 2280. The number of nitrogens with one attached hydrogen (secondary N) is 2. The molecule has 7 heterocycles. The van der Waals surface area contributed by atoms with Gasteiger partial charge in [-0.1, -0.05) is 29.8 Å². The lowest BCUT2D eigenvalue weighted by Gasteiger charge is -2.34. The first-order valence-electron chi connectivity index (χ1n) is 18.7. The maximum atomic E-state index is 13.4. The molecule has 2 saturated heterocycles. The SMILES string of the molecule is O=C1CCC(N2C(=O)c3ccc(C4=CCN(CCCN5CCN(c6cccc(-c7cnc8[nH]cc(C9CC9)c8c7Cl)n6)C(=O)C5)CC4)cc3C2=O)C(=O)N1. The van der Waals surface area contributed by atoms with Crippen molar-refractivity contribution >= 4 is 63.6 Å². The Hall–Kier alpha value is -5.24. The minimum atomic E-state index is -0.980. The van der Waals surface area contributed by atoms with Gasteiger partial charge in [-0.2, -0.15) is 0 Å². The summed E-state index contributed by atoms with van der Waals surface area (Å²) in [6.07, 6.45) is 10.2. The molecule has 1 saturated carbocycles. The van der Waals surface area contributed by atoms with E-state index in [2.05, 4.69) is 31.2 Å². The van der Waals surface area contributed by atoms with E-state index in [1.165, 1.54) is 5.56 Å². The summed E-state index contributed by atoms with van der Waals surface area (Å²) < 4.78 is 0. The van der Waals surface area contributed by atoms with E-state index in [4.69, 9.17) is 16.6 Å². The molecule has 14 heteroatoms. The third kappa shape index (κ3) is 6.29. The summed E-state index contributed by atoms with van der Waals surface area (Å²) in [5.74, 6) is -0.841. The van der Waals surface area contributed by atoms with Crippen LogP contribution < -0.4 is 10.2 Å². The maximum absolute atomic E-state index is 13.4. The van der Waals surface area contributed by atoms with Gasteiger partial charge in [-0.25, -0.2) is 9.97 Å². The van der Waals surface area contributed by atoms with Crippen LogP contribution in [0.2, 0.25) is 5.02 Å². The van der Waals surface area contributed by atoms with Gasteiger partial charge in [-0.05, 0) is 92.1 Å². The summed E-state index contributed by atoms with van der Waals surface area (Å²) in [6, 6.07) is 10.0. The number of halogens is 1. The minimum absolute atomic E-state index is 0.0209. The van der Waals surface area contributed by atoms with Crippen LogP contribution in [0.3, 0.4) is 0 Å². The molecule has 9 rings (SSSR count). The highest BCUT2D eigenvalue weighted by molar-refractivity contribution is 6.38. The molecule has 0 bridgehead atoms. The van der Waals surface area contributed by atoms with Gasteiger partial charge >= 0.3 is 0 Å². The molecule has 54 heavy (non-hydrogen) atoms. The van der Waals surface area contributed by atoms with Crippen LogP contribution in [0.4, 0.5) is 5.82 Å². The summed E-state index contributed by atoms with van der Waals surface area (Å²) in [4.78, 5) is 83.8. The number of hydrogen-bond donors (Lipinski definition) is 2. The van der Waals surface area contributed by atoms with E-state index in [1.807, 2.05) is 30.5 Å². The molecule has 276 valence electrons. The Balaban J connectivity index is 0.775. The van der Waals surface area contributed by atoms with Crippen LogP contribution >= 0.6 is 11.6 Å². The fourth-order valence-electron chi connectivity index (χ4n) is 8.22. The first-order chi connectivity index (χ1) is 26.2. The van der Waals surface area contributed by atoms with Gasteiger partial charge in [0.15, 0.2) is 0 Å². The van der Waals surface area contributed by atoms with Crippen LogP contribution in [0.5, 0.6) is 0 Å². The molecule has 1 aromatic carbocycles. The quantitative estimate of drug-likeness (QED) is 0.238. The highest BCUT2D eigenvalue weighted by Gasteiger charge is 2.44. The largest absolute Gasteiger partial charge is 0.346 e. The van der Waals surface area contributed by atoms with Crippen molar-refractivity contribution in [3.8, 4) is 11.3 Å². The number of carbonyl (C=O) groups is 5. The Morgan fingerprint density at radius 2 is 1.70 bits per heavy atom. The zero-order chi connectivity index (χ0) is 37.1. The third-order valence-electron chi connectivity index (χ3n) is 11.3. The van der Waals surface area contributed by atoms with Gasteiger partial charge in [-0.15, -0.1) is 0 Å². The summed E-state index contributed by atoms with van der Waals surface area (Å²) >= 11 is 6.95. The van der Waals surface area contributed by atoms with Crippen LogP contribution in [0.15, 0.2) is 54.9 Å². The van der Waals surface area contributed by atoms with Crippen molar-refractivity contribution in [1.29, 1.82) is 0 Å². The third-order valence-corrected chi connectivity index (χ3v) is 11.7. The van der Waals surface area contributed by atoms with E-state index in [9.17, 15) is 24.0 Å². The first-order valence-corrected chi connectivity index (χ1v) is 19.0. The number of aromatic nitrogens is 3. The monoisotopic (exact) mass is 746 g/mol. The van der Waals surface area contributed by atoms with Gasteiger partial charge < -0.3 is 4.98 Å². The zero-order valence-corrected chi connectivity index (χ0v) is 30.4. The van der Waals surface area contributed by atoms with Gasteiger partial charge in [0.05, 0.1) is 28.4 Å². The molecular formula is C40H39ClN8O5. The van der Waals surface area contributed by atoms with Crippen LogP contribution in [-0.4, -0.2) is 111 Å². The van der Waals surface area contributed by atoms with Crippen LogP contribution in [0.25, 0.3) is 27.9 Å². The Morgan fingerprint density at radius 1 is 0.870 bits per heavy atom. The molecule has 3 fully saturated rings. The van der Waals surface area contributed by atoms with Crippen molar-refractivity contribution in [1.82, 2.24) is 35.0 Å². The number of pyridine rings is 2. The number of rotatable bonds is 9. The van der Waals surface area contributed by atoms with Gasteiger partial charge in [0.25, 0.3) is 11.8 Å². The van der Waals surface area contributed by atoms with Crippen molar-refractivity contribution in [2.45, 2.75) is 50.5 Å². The lowest BCUT2D eigenvalue weighted by atomic mass is 9.96. The molecule has 4 aliphatic heterocycles. The molecule has 0 spiro atoms. The second kappa shape index (κ2) is 13.9. The molecule has 4 aromatic rings. The molecule has 5 aliphatic rings. The topological polar surface area (TPSA) is 152 Å². The highest BCUT2D eigenvalue weighted by atomic mass is 35.5. The van der Waals surface area contributed by atoms with Crippen molar-refractivity contribution in [2.75, 3.05) is 50.7 Å². The number of amides is 5. The average molecular weight is 747 g/mol. The minimum Gasteiger partial charge on any atom is -0.346 e. The fraction of sp³-hybridized carbons (Fsp3) is 0.375. The van der Waals surface area contributed by atoms with Crippen molar-refractivity contribution in [3.05, 3.63) is 82.1 Å². The number of imide groups is 2. The average Bonchev–Trinajstić information content (AvgIpc) is 3.88. The maximum Gasteiger partial charge on any atom is 0.262 e. The standard InChI is InChI=1S/C40H39ClN8O5/c41-36-29(21-43-37-35(36)28(20-42-37)24-5-6-24)30-3-1-4-32(44-30)48-18-17-47(22-34(48)51)14-2-13-46-15-11-23(12-16-46)25-7-8-26-27(19-25)40(54)49(39(26)53)31-9-10-33(50)45-38(31)52/h1,3-4,7-8,11,19-21,24,31H,2,5-6,9-10,12-18,22H2,(H,42,43)(H,45,50,52). The summed E-state index contributed by atoms with van der Waals surface area (Å²) in [7, 11) is 0. The zero-order valence-electron chi connectivity index (χ0n) is 29.6. The molecule has 0 radical (unpaired) electrons. The van der Waals surface area contributed by atoms with Gasteiger partial charge in [0.2, 0.25) is 17.7 Å². The smallest absolute Gasteiger partial charge is 0.262 e. The fourth-order valence-corrected chi connectivity index (χ4v) is 8.56.